The van der Waals surface area contributed by atoms with E-state index in [0.29, 0.717) is 34.0 Å². The Labute approximate surface area is 173 Å². The minimum absolute atomic E-state index is 0.139. The number of nitrogens with zero attached hydrogens (tertiary/aromatic N) is 2. The van der Waals surface area contributed by atoms with Crippen LogP contribution in [-0.4, -0.2) is 25.0 Å². The molecule has 1 aromatic heterocycles. The summed E-state index contributed by atoms with van der Waals surface area (Å²) >= 11 is 0. The quantitative estimate of drug-likeness (QED) is 0.605. The summed E-state index contributed by atoms with van der Waals surface area (Å²) in [5.74, 6) is 0.821. The second kappa shape index (κ2) is 8.01. The first-order valence-electron chi connectivity index (χ1n) is 9.24. The van der Waals surface area contributed by atoms with Crippen LogP contribution in [0, 0.1) is 16.7 Å². The standard InChI is InChI=1S/C22H19N5O3/c1-29-17-8-6-16(7-9-17)27-19(24)18-10-11-30-22(18)26-20(27)21(28)25-13-15-5-3-2-4-14(15)12-23/h2-11,20,24,26H,13H2,1H3,(H,25,28). The van der Waals surface area contributed by atoms with E-state index in [0.717, 1.165) is 0 Å². The zero-order valence-corrected chi connectivity index (χ0v) is 16.2. The van der Waals surface area contributed by atoms with Crippen LogP contribution in [0.15, 0.2) is 65.3 Å². The van der Waals surface area contributed by atoms with Crippen molar-refractivity contribution >= 4 is 23.3 Å². The van der Waals surface area contributed by atoms with Gasteiger partial charge in [-0.2, -0.15) is 5.26 Å². The first-order valence-corrected chi connectivity index (χ1v) is 9.24. The van der Waals surface area contributed by atoms with Crippen molar-refractivity contribution in [2.24, 2.45) is 0 Å². The van der Waals surface area contributed by atoms with Crippen molar-refractivity contribution in [3.05, 3.63) is 77.6 Å². The molecule has 8 heteroatoms. The summed E-state index contributed by atoms with van der Waals surface area (Å²) in [5.41, 5.74) is 2.43. The van der Waals surface area contributed by atoms with Crippen LogP contribution in [0.25, 0.3) is 0 Å². The van der Waals surface area contributed by atoms with Crippen molar-refractivity contribution in [3.63, 3.8) is 0 Å². The number of rotatable bonds is 5. The molecule has 1 amide bonds. The number of hydrogen-bond donors (Lipinski definition) is 3. The van der Waals surface area contributed by atoms with Crippen LogP contribution in [-0.2, 0) is 11.3 Å². The van der Waals surface area contributed by atoms with E-state index in [-0.39, 0.29) is 18.3 Å². The molecule has 0 bridgehead atoms. The van der Waals surface area contributed by atoms with Gasteiger partial charge in [-0.05, 0) is 42.0 Å². The number of nitriles is 1. The first-order chi connectivity index (χ1) is 14.6. The molecule has 0 saturated heterocycles. The zero-order valence-electron chi connectivity index (χ0n) is 16.2. The predicted molar refractivity (Wildman–Crippen MR) is 111 cm³/mol. The second-order valence-corrected chi connectivity index (χ2v) is 6.61. The van der Waals surface area contributed by atoms with Gasteiger partial charge in [0.05, 0.1) is 30.6 Å². The van der Waals surface area contributed by atoms with Crippen LogP contribution in [0.4, 0.5) is 11.6 Å². The molecule has 3 aromatic rings. The lowest BCUT2D eigenvalue weighted by molar-refractivity contribution is -0.121. The van der Waals surface area contributed by atoms with Gasteiger partial charge in [-0.25, -0.2) is 0 Å². The molecule has 4 rings (SSSR count). The number of fused-ring (bicyclic) bond motifs is 1. The Morgan fingerprint density at radius 3 is 2.77 bits per heavy atom. The van der Waals surface area contributed by atoms with Gasteiger partial charge in [0.25, 0.3) is 5.91 Å². The van der Waals surface area contributed by atoms with Gasteiger partial charge in [0, 0.05) is 12.2 Å². The summed E-state index contributed by atoms with van der Waals surface area (Å²) < 4.78 is 10.6. The molecule has 1 aliphatic heterocycles. The average Bonchev–Trinajstić information content (AvgIpc) is 3.27. The Morgan fingerprint density at radius 1 is 1.27 bits per heavy atom. The van der Waals surface area contributed by atoms with Crippen molar-refractivity contribution < 1.29 is 13.9 Å². The number of furan rings is 1. The molecule has 1 unspecified atom stereocenters. The normalized spacial score (nSPS) is 15.0. The van der Waals surface area contributed by atoms with Crippen LogP contribution >= 0.6 is 0 Å². The van der Waals surface area contributed by atoms with Gasteiger partial charge in [0.2, 0.25) is 5.88 Å². The fourth-order valence-electron chi connectivity index (χ4n) is 3.32. The van der Waals surface area contributed by atoms with Crippen molar-refractivity contribution in [3.8, 4) is 11.8 Å². The number of ether oxygens (including phenoxy) is 1. The van der Waals surface area contributed by atoms with Gasteiger partial charge in [0.1, 0.15) is 11.6 Å². The number of carbonyl (C=O) groups is 1. The van der Waals surface area contributed by atoms with E-state index >= 15 is 0 Å². The topological polar surface area (TPSA) is 114 Å². The van der Waals surface area contributed by atoms with Crippen LogP contribution in [0.3, 0.4) is 0 Å². The number of nitrogens with one attached hydrogen (secondary N) is 3. The van der Waals surface area contributed by atoms with E-state index in [4.69, 9.17) is 14.6 Å². The van der Waals surface area contributed by atoms with Crippen LogP contribution in [0.1, 0.15) is 16.7 Å². The number of anilines is 2. The van der Waals surface area contributed by atoms with Crippen molar-refractivity contribution in [1.82, 2.24) is 5.32 Å². The highest BCUT2D eigenvalue weighted by Crippen LogP contribution is 2.31. The van der Waals surface area contributed by atoms with E-state index in [9.17, 15) is 10.1 Å². The Kier molecular flexibility index (Phi) is 5.09. The van der Waals surface area contributed by atoms with Crippen molar-refractivity contribution in [1.29, 1.82) is 10.7 Å². The summed E-state index contributed by atoms with van der Waals surface area (Å²) in [6.07, 6.45) is 0.570. The van der Waals surface area contributed by atoms with Crippen LogP contribution < -0.4 is 20.3 Å². The monoisotopic (exact) mass is 401 g/mol. The zero-order chi connectivity index (χ0) is 21.1. The predicted octanol–water partition coefficient (Wildman–Crippen LogP) is 3.06. The fourth-order valence-corrected chi connectivity index (χ4v) is 3.32. The molecule has 2 aromatic carbocycles. The van der Waals surface area contributed by atoms with E-state index in [1.807, 2.05) is 6.07 Å². The van der Waals surface area contributed by atoms with Gasteiger partial charge >= 0.3 is 0 Å². The van der Waals surface area contributed by atoms with Crippen molar-refractivity contribution in [2.75, 3.05) is 17.3 Å². The Morgan fingerprint density at radius 2 is 2.03 bits per heavy atom. The van der Waals surface area contributed by atoms with Gasteiger partial charge in [-0.1, -0.05) is 18.2 Å². The third kappa shape index (κ3) is 3.44. The molecule has 1 atom stereocenters. The number of amides is 1. The maximum atomic E-state index is 13.1. The minimum atomic E-state index is -0.904. The molecule has 150 valence electrons. The molecule has 0 fully saturated rings. The molecule has 0 saturated carbocycles. The molecule has 8 nitrogen and oxygen atoms in total. The SMILES string of the molecule is COc1ccc(N2C(=N)c3ccoc3NC2C(=O)NCc2ccccc2C#N)cc1. The third-order valence-electron chi connectivity index (χ3n) is 4.88. The lowest BCUT2D eigenvalue weighted by Crippen LogP contribution is -2.56. The van der Waals surface area contributed by atoms with E-state index in [1.54, 1.807) is 60.5 Å². The molecule has 0 radical (unpaired) electrons. The number of benzene rings is 2. The maximum Gasteiger partial charge on any atom is 0.264 e. The maximum absolute atomic E-state index is 13.1. The largest absolute Gasteiger partial charge is 0.497 e. The third-order valence-corrected chi connectivity index (χ3v) is 4.88. The number of amidine groups is 1. The number of methoxy groups -OCH3 is 1. The lowest BCUT2D eigenvalue weighted by Gasteiger charge is -2.36. The highest BCUT2D eigenvalue weighted by Gasteiger charge is 2.37. The molecule has 2 heterocycles. The Balaban J connectivity index is 1.62. The van der Waals surface area contributed by atoms with Gasteiger partial charge < -0.3 is 19.8 Å². The smallest absolute Gasteiger partial charge is 0.264 e. The molecular formula is C22H19N5O3. The highest BCUT2D eigenvalue weighted by atomic mass is 16.5. The Hall–Kier alpha value is -4.25. The Bertz CT molecular complexity index is 1130. The first kappa shape index (κ1) is 19.1. The lowest BCUT2D eigenvalue weighted by atomic mass is 10.1. The summed E-state index contributed by atoms with van der Waals surface area (Å²) in [4.78, 5) is 14.7. The van der Waals surface area contributed by atoms with E-state index in [2.05, 4.69) is 16.7 Å². The second-order valence-electron chi connectivity index (χ2n) is 6.61. The highest BCUT2D eigenvalue weighted by molar-refractivity contribution is 6.16. The van der Waals surface area contributed by atoms with Gasteiger partial charge in [-0.15, -0.1) is 0 Å². The average molecular weight is 401 g/mol. The van der Waals surface area contributed by atoms with E-state index < -0.39 is 6.17 Å². The molecule has 3 N–H and O–H groups in total. The summed E-state index contributed by atoms with van der Waals surface area (Å²) in [6.45, 7) is 0.190. The van der Waals surface area contributed by atoms with Crippen molar-refractivity contribution in [2.45, 2.75) is 12.7 Å². The number of hydrogen-bond acceptors (Lipinski definition) is 6. The molecule has 0 spiro atoms. The summed E-state index contributed by atoms with van der Waals surface area (Å²) in [6, 6.07) is 18.0. The molecule has 1 aliphatic rings. The molecular weight excluding hydrogens is 382 g/mol. The van der Waals surface area contributed by atoms with Gasteiger partial charge in [0.15, 0.2) is 6.17 Å². The molecule has 30 heavy (non-hydrogen) atoms. The number of carbonyl (C=O) groups excluding carboxylic acids is 1. The minimum Gasteiger partial charge on any atom is -0.497 e. The van der Waals surface area contributed by atoms with E-state index in [1.165, 1.54) is 6.26 Å². The van der Waals surface area contributed by atoms with Gasteiger partial charge in [-0.3, -0.25) is 15.1 Å². The van der Waals surface area contributed by atoms with Crippen LogP contribution in [0.5, 0.6) is 5.75 Å². The summed E-state index contributed by atoms with van der Waals surface area (Å²) in [5, 5.41) is 23.8. The van der Waals surface area contributed by atoms with Crippen LogP contribution in [0.2, 0.25) is 0 Å². The molecule has 0 aliphatic carbocycles. The fraction of sp³-hybridized carbons (Fsp3) is 0.136. The summed E-state index contributed by atoms with van der Waals surface area (Å²) in [7, 11) is 1.58.